The minimum Gasteiger partial charge on any atom is -0.495 e. The molecular formula is C21H26N2O4S. The van der Waals surface area contributed by atoms with Crippen molar-refractivity contribution in [3.8, 4) is 5.75 Å². The summed E-state index contributed by atoms with van der Waals surface area (Å²) in [5.41, 5.74) is 3.53. The quantitative estimate of drug-likeness (QED) is 0.803. The standard InChI is InChI=1S/C21H26N2O4S/c1-14-7-8-15(2)18(12-14)16(3)22-28(25,26)17-9-10-20(27-4)19(13-17)23-11-5-6-21(23)24/h7-10,12-13,16,22H,5-6,11H2,1-4H3. The molecule has 1 fully saturated rings. The second kappa shape index (κ2) is 7.93. The minimum absolute atomic E-state index is 0.0236. The van der Waals surface area contributed by atoms with Gasteiger partial charge in [0.05, 0.1) is 17.7 Å². The summed E-state index contributed by atoms with van der Waals surface area (Å²) in [5.74, 6) is 0.460. The molecule has 1 heterocycles. The van der Waals surface area contributed by atoms with Crippen LogP contribution in [0.4, 0.5) is 5.69 Å². The molecule has 1 amide bonds. The highest BCUT2D eigenvalue weighted by Crippen LogP contribution is 2.34. The number of carbonyl (C=O) groups is 1. The lowest BCUT2D eigenvalue weighted by Crippen LogP contribution is -2.28. The molecule has 1 unspecified atom stereocenters. The van der Waals surface area contributed by atoms with Gasteiger partial charge < -0.3 is 9.64 Å². The Morgan fingerprint density at radius 1 is 1.14 bits per heavy atom. The van der Waals surface area contributed by atoms with E-state index in [1.165, 1.54) is 19.2 Å². The summed E-state index contributed by atoms with van der Waals surface area (Å²) in [6.45, 7) is 6.33. The first-order valence-corrected chi connectivity index (χ1v) is 10.8. The van der Waals surface area contributed by atoms with Crippen LogP contribution in [-0.4, -0.2) is 28.0 Å². The molecule has 2 aromatic rings. The zero-order valence-electron chi connectivity index (χ0n) is 16.7. The highest BCUT2D eigenvalue weighted by atomic mass is 32.2. The first-order valence-electron chi connectivity index (χ1n) is 9.31. The average Bonchev–Trinajstić information content (AvgIpc) is 3.08. The largest absolute Gasteiger partial charge is 0.495 e. The van der Waals surface area contributed by atoms with Crippen LogP contribution in [0.25, 0.3) is 0 Å². The normalized spacial score (nSPS) is 15.7. The van der Waals surface area contributed by atoms with Crippen LogP contribution in [0, 0.1) is 13.8 Å². The molecule has 1 atom stereocenters. The molecule has 28 heavy (non-hydrogen) atoms. The van der Waals surface area contributed by atoms with E-state index in [4.69, 9.17) is 4.74 Å². The van der Waals surface area contributed by atoms with Gasteiger partial charge in [0.1, 0.15) is 5.75 Å². The summed E-state index contributed by atoms with van der Waals surface area (Å²) in [6.07, 6.45) is 1.21. The van der Waals surface area contributed by atoms with Gasteiger partial charge in [0, 0.05) is 19.0 Å². The molecule has 0 spiro atoms. The van der Waals surface area contributed by atoms with E-state index in [2.05, 4.69) is 4.72 Å². The number of methoxy groups -OCH3 is 1. The monoisotopic (exact) mass is 402 g/mol. The number of sulfonamides is 1. The first-order chi connectivity index (χ1) is 13.2. The predicted octanol–water partition coefficient (Wildman–Crippen LogP) is 3.48. The molecule has 1 aliphatic heterocycles. The number of amides is 1. The Morgan fingerprint density at radius 3 is 2.54 bits per heavy atom. The average molecular weight is 403 g/mol. The molecule has 2 aromatic carbocycles. The van der Waals surface area contributed by atoms with Crippen LogP contribution in [0.2, 0.25) is 0 Å². The number of nitrogens with one attached hydrogen (secondary N) is 1. The maximum atomic E-state index is 13.0. The molecule has 0 radical (unpaired) electrons. The highest BCUT2D eigenvalue weighted by Gasteiger charge is 2.27. The molecule has 0 bridgehead atoms. The van der Waals surface area contributed by atoms with Crippen molar-refractivity contribution in [1.82, 2.24) is 4.72 Å². The van der Waals surface area contributed by atoms with Crippen LogP contribution in [0.5, 0.6) is 5.75 Å². The van der Waals surface area contributed by atoms with Gasteiger partial charge in [0.2, 0.25) is 15.9 Å². The zero-order valence-corrected chi connectivity index (χ0v) is 17.5. The molecule has 6 nitrogen and oxygen atoms in total. The smallest absolute Gasteiger partial charge is 0.241 e. The third-order valence-electron chi connectivity index (χ3n) is 5.06. The Balaban J connectivity index is 1.93. The number of benzene rings is 2. The Morgan fingerprint density at radius 2 is 1.89 bits per heavy atom. The molecule has 0 saturated carbocycles. The molecule has 1 saturated heterocycles. The van der Waals surface area contributed by atoms with E-state index in [-0.39, 0.29) is 16.8 Å². The van der Waals surface area contributed by atoms with Crippen LogP contribution >= 0.6 is 0 Å². The second-order valence-electron chi connectivity index (χ2n) is 7.19. The lowest BCUT2D eigenvalue weighted by molar-refractivity contribution is -0.117. The van der Waals surface area contributed by atoms with E-state index in [0.717, 1.165) is 23.1 Å². The minimum atomic E-state index is -3.78. The number of aryl methyl sites for hydroxylation is 2. The summed E-state index contributed by atoms with van der Waals surface area (Å²) >= 11 is 0. The Labute approximate surface area is 166 Å². The number of hydrogen-bond acceptors (Lipinski definition) is 4. The van der Waals surface area contributed by atoms with Crippen LogP contribution in [0.3, 0.4) is 0 Å². The van der Waals surface area contributed by atoms with Crippen molar-refractivity contribution < 1.29 is 17.9 Å². The van der Waals surface area contributed by atoms with E-state index < -0.39 is 10.0 Å². The van der Waals surface area contributed by atoms with Crippen molar-refractivity contribution in [3.05, 3.63) is 53.1 Å². The Hall–Kier alpha value is -2.38. The SMILES string of the molecule is COc1ccc(S(=O)(=O)NC(C)c2cc(C)ccc2C)cc1N1CCCC1=O. The predicted molar refractivity (Wildman–Crippen MR) is 109 cm³/mol. The van der Waals surface area contributed by atoms with Gasteiger partial charge in [-0.3, -0.25) is 4.79 Å². The van der Waals surface area contributed by atoms with Crippen molar-refractivity contribution >= 4 is 21.6 Å². The number of anilines is 1. The number of nitrogens with zero attached hydrogens (tertiary/aromatic N) is 1. The van der Waals surface area contributed by atoms with Gasteiger partial charge >= 0.3 is 0 Å². The highest BCUT2D eigenvalue weighted by molar-refractivity contribution is 7.89. The molecule has 7 heteroatoms. The van der Waals surface area contributed by atoms with E-state index in [1.54, 1.807) is 11.0 Å². The second-order valence-corrected chi connectivity index (χ2v) is 8.90. The van der Waals surface area contributed by atoms with E-state index >= 15 is 0 Å². The number of rotatable bonds is 6. The fourth-order valence-corrected chi connectivity index (χ4v) is 4.78. The summed E-state index contributed by atoms with van der Waals surface area (Å²) in [5, 5.41) is 0. The molecule has 0 aromatic heterocycles. The third kappa shape index (κ3) is 4.05. The summed E-state index contributed by atoms with van der Waals surface area (Å²) in [7, 11) is -2.27. The number of carbonyl (C=O) groups excluding carboxylic acids is 1. The van der Waals surface area contributed by atoms with Crippen molar-refractivity contribution in [2.24, 2.45) is 0 Å². The number of ether oxygens (including phenoxy) is 1. The molecule has 3 rings (SSSR count). The van der Waals surface area contributed by atoms with Crippen molar-refractivity contribution in [3.63, 3.8) is 0 Å². The van der Waals surface area contributed by atoms with E-state index in [0.29, 0.717) is 24.4 Å². The molecule has 1 N–H and O–H groups in total. The lowest BCUT2D eigenvalue weighted by atomic mass is 10.0. The maximum absolute atomic E-state index is 13.0. The molecule has 150 valence electrons. The first kappa shape index (κ1) is 20.4. The van der Waals surface area contributed by atoms with Crippen molar-refractivity contribution in [1.29, 1.82) is 0 Å². The van der Waals surface area contributed by atoms with Crippen molar-refractivity contribution in [2.45, 2.75) is 44.6 Å². The van der Waals surface area contributed by atoms with Crippen molar-refractivity contribution in [2.75, 3.05) is 18.6 Å². The topological polar surface area (TPSA) is 75.7 Å². The van der Waals surface area contributed by atoms with E-state index in [1.807, 2.05) is 39.0 Å². The van der Waals surface area contributed by atoms with Gasteiger partial charge in [-0.1, -0.05) is 23.8 Å². The lowest BCUT2D eigenvalue weighted by Gasteiger charge is -2.21. The number of hydrogen-bond donors (Lipinski definition) is 1. The van der Waals surface area contributed by atoms with Crippen LogP contribution < -0.4 is 14.4 Å². The van der Waals surface area contributed by atoms with Gasteiger partial charge in [-0.25, -0.2) is 13.1 Å². The fourth-order valence-electron chi connectivity index (χ4n) is 3.54. The van der Waals surface area contributed by atoms with Gasteiger partial charge in [-0.2, -0.15) is 0 Å². The molecule has 0 aliphatic carbocycles. The summed E-state index contributed by atoms with van der Waals surface area (Å²) in [6, 6.07) is 10.2. The maximum Gasteiger partial charge on any atom is 0.241 e. The summed E-state index contributed by atoms with van der Waals surface area (Å²) < 4.78 is 34.1. The molecular weight excluding hydrogens is 376 g/mol. The van der Waals surface area contributed by atoms with Gasteiger partial charge in [0.25, 0.3) is 0 Å². The van der Waals surface area contributed by atoms with Crippen LogP contribution in [-0.2, 0) is 14.8 Å². The third-order valence-corrected chi connectivity index (χ3v) is 6.60. The van der Waals surface area contributed by atoms with E-state index in [9.17, 15) is 13.2 Å². The molecule has 1 aliphatic rings. The Bertz CT molecular complexity index is 1000. The summed E-state index contributed by atoms with van der Waals surface area (Å²) in [4.78, 5) is 13.8. The van der Waals surface area contributed by atoms with Gasteiger partial charge in [-0.15, -0.1) is 0 Å². The zero-order chi connectivity index (χ0) is 20.5. The van der Waals surface area contributed by atoms with Gasteiger partial charge in [-0.05, 0) is 56.5 Å². The Kier molecular flexibility index (Phi) is 5.76. The van der Waals surface area contributed by atoms with Crippen LogP contribution in [0.15, 0.2) is 41.3 Å². The van der Waals surface area contributed by atoms with Crippen LogP contribution in [0.1, 0.15) is 42.5 Å². The fraction of sp³-hybridized carbons (Fsp3) is 0.381. The van der Waals surface area contributed by atoms with Gasteiger partial charge in [0.15, 0.2) is 0 Å².